The van der Waals surface area contributed by atoms with Gasteiger partial charge in [0.05, 0.1) is 108 Å². The van der Waals surface area contributed by atoms with Crippen LogP contribution in [-0.2, 0) is 90.2 Å². The van der Waals surface area contributed by atoms with Gasteiger partial charge in [-0.25, -0.2) is 14.8 Å². The van der Waals surface area contributed by atoms with Gasteiger partial charge in [-0.05, 0) is 34.6 Å². The molecule has 22 unspecified atom stereocenters. The molecule has 0 aromatic carbocycles. The van der Waals surface area contributed by atoms with Crippen molar-refractivity contribution in [3.05, 3.63) is 0 Å². The third kappa shape index (κ3) is 27.2. The minimum atomic E-state index is -1.67. The summed E-state index contributed by atoms with van der Waals surface area (Å²) in [6.07, 6.45) is -55.5. The van der Waals surface area contributed by atoms with E-state index >= 15 is 0 Å². The highest BCUT2D eigenvalue weighted by molar-refractivity contribution is 5.77. The van der Waals surface area contributed by atoms with Crippen LogP contribution in [0.3, 0.4) is 0 Å². The Bertz CT molecular complexity index is 3490. The number of nitrogens with one attached hydrogen (secondary N) is 2. The molecule has 10 fully saturated rings. The molecule has 0 saturated carbocycles. The van der Waals surface area contributed by atoms with Crippen molar-refractivity contribution >= 4 is 29.6 Å². The lowest BCUT2D eigenvalue weighted by molar-refractivity contribution is -0.341. The summed E-state index contributed by atoms with van der Waals surface area (Å²) in [7, 11) is 0. The molecule has 0 spiro atoms. The number of hydrogen-bond donors (Lipinski definition) is 34. The Morgan fingerprint density at radius 2 is 0.687 bits per heavy atom. The average molecular weight is 1920 g/mol. The van der Waals surface area contributed by atoms with Crippen molar-refractivity contribution in [2.24, 2.45) is 15.9 Å². The van der Waals surface area contributed by atoms with Crippen LogP contribution in [0.2, 0.25) is 0 Å². The largest absolute Gasteiger partial charge is 0.479 e. The molecular formula is C76H134N4O51. The van der Waals surface area contributed by atoms with E-state index in [4.69, 9.17) is 86.0 Å². The molecule has 0 aliphatic carbocycles. The monoisotopic (exact) mass is 1920 g/mol. The van der Waals surface area contributed by atoms with Crippen molar-refractivity contribution in [2.75, 3.05) is 59.5 Å². The molecule has 0 aromatic rings. The Morgan fingerprint density at radius 1 is 0.374 bits per heavy atom. The summed E-state index contributed by atoms with van der Waals surface area (Å²) in [5, 5.41) is 315. The zero-order valence-corrected chi connectivity index (χ0v) is 72.9. The minimum absolute atomic E-state index is 0.0953. The summed E-state index contributed by atoms with van der Waals surface area (Å²) in [6.45, 7) is 9.96. The van der Waals surface area contributed by atoms with E-state index in [1.165, 1.54) is 20.8 Å². The molecule has 51 atom stereocenters. The number of ether oxygens (including phenoxy) is 16. The number of rotatable bonds is 22. The molecule has 55 heteroatoms. The Balaban J connectivity index is 0.000000218. The third-order valence-electron chi connectivity index (χ3n) is 24.1. The number of fused-ring (bicyclic) bond motifs is 2. The lowest BCUT2D eigenvalue weighted by Crippen LogP contribution is -2.67. The Labute approximate surface area is 748 Å². The number of aliphatic hydroxyl groups is 31. The van der Waals surface area contributed by atoms with Crippen molar-refractivity contribution in [3.8, 4) is 0 Å². The molecule has 12 rings (SSSR count). The van der Waals surface area contributed by atoms with Crippen LogP contribution in [0.4, 0.5) is 0 Å². The van der Waals surface area contributed by atoms with Crippen molar-refractivity contribution in [1.82, 2.24) is 10.6 Å². The van der Waals surface area contributed by atoms with Gasteiger partial charge >= 0.3 is 5.97 Å². The molecule has 34 N–H and O–H groups in total. The van der Waals surface area contributed by atoms with Gasteiger partial charge in [0.25, 0.3) is 0 Å². The van der Waals surface area contributed by atoms with Gasteiger partial charge in [0.1, 0.15) is 214 Å². The fourth-order valence-electron chi connectivity index (χ4n) is 16.2. The molecular weight excluding hydrogens is 1780 g/mol. The quantitative estimate of drug-likeness (QED) is 0.0479. The van der Waals surface area contributed by atoms with Crippen molar-refractivity contribution in [3.63, 3.8) is 0 Å². The number of amides is 2. The van der Waals surface area contributed by atoms with E-state index < -0.39 is 389 Å². The fourth-order valence-corrected chi connectivity index (χ4v) is 16.2. The van der Waals surface area contributed by atoms with E-state index in [1.807, 2.05) is 0 Å². The Kier molecular flexibility index (Phi) is 43.7. The molecule has 0 radical (unpaired) electrons. The first-order valence-electron chi connectivity index (χ1n) is 42.3. The first-order chi connectivity index (χ1) is 61.4. The highest BCUT2D eigenvalue weighted by atomic mass is 16.8. The van der Waals surface area contributed by atoms with Crippen LogP contribution in [0.5, 0.6) is 0 Å². The topological polar surface area (TPSA) is 895 Å². The zero-order chi connectivity index (χ0) is 98.5. The highest BCUT2D eigenvalue weighted by Gasteiger charge is 2.59. The van der Waals surface area contributed by atoms with Gasteiger partial charge in [0.2, 0.25) is 24.4 Å². The number of hydrogen-bond acceptors (Lipinski definition) is 52. The molecule has 10 saturated heterocycles. The van der Waals surface area contributed by atoms with Gasteiger partial charge in [0, 0.05) is 40.0 Å². The zero-order valence-electron chi connectivity index (χ0n) is 72.9. The van der Waals surface area contributed by atoms with Crippen LogP contribution in [-0.4, -0.2) is 558 Å². The van der Waals surface area contributed by atoms with Gasteiger partial charge in [0.15, 0.2) is 42.6 Å². The van der Waals surface area contributed by atoms with E-state index in [1.54, 1.807) is 48.5 Å². The second kappa shape index (κ2) is 50.4. The Hall–Kier alpha value is -4.45. The summed E-state index contributed by atoms with van der Waals surface area (Å²) in [6, 6.07) is -3.23. The van der Waals surface area contributed by atoms with Crippen LogP contribution in [0.15, 0.2) is 9.98 Å². The van der Waals surface area contributed by atoms with Gasteiger partial charge in [-0.15, -0.1) is 0 Å². The lowest BCUT2D eigenvalue weighted by Gasteiger charge is -2.47. The molecule has 12 aliphatic rings. The molecule has 131 heavy (non-hydrogen) atoms. The first kappa shape index (κ1) is 114. The predicted molar refractivity (Wildman–Crippen MR) is 422 cm³/mol. The second-order valence-electron chi connectivity index (χ2n) is 33.7. The third-order valence-corrected chi connectivity index (χ3v) is 24.1. The van der Waals surface area contributed by atoms with Gasteiger partial charge in [-0.2, -0.15) is 0 Å². The smallest absolute Gasteiger partial charge is 0.335 e. The normalized spacial score (nSPS) is 47.6. The van der Waals surface area contributed by atoms with Gasteiger partial charge < -0.3 is 250 Å². The lowest BCUT2D eigenvalue weighted by atomic mass is 9.81. The number of carboxylic acids is 1. The second-order valence-corrected chi connectivity index (χ2v) is 33.7. The number of nitrogens with zero attached hydrogens (tertiary/aromatic N) is 2. The maximum atomic E-state index is 11.5. The number of aliphatic hydroxyl groups excluding tert-OH is 31. The fraction of sp³-hybridized carbons (Fsp3) is 0.934. The maximum absolute atomic E-state index is 11.5. The van der Waals surface area contributed by atoms with Crippen LogP contribution in [0, 0.1) is 5.92 Å². The number of carbonyl (C=O) groups excluding carboxylic acids is 2. The summed E-state index contributed by atoms with van der Waals surface area (Å²) >= 11 is 0. The molecule has 764 valence electrons. The number of aliphatic carboxylic acids is 1. The predicted octanol–water partition coefficient (Wildman–Crippen LogP) is -19.0. The number of carbonyl (C=O) groups is 3. The van der Waals surface area contributed by atoms with Crippen molar-refractivity contribution in [2.45, 2.75) is 381 Å². The van der Waals surface area contributed by atoms with E-state index in [0.29, 0.717) is 11.8 Å². The summed E-state index contributed by atoms with van der Waals surface area (Å²) < 4.78 is 86.5. The first-order valence-corrected chi connectivity index (χ1v) is 42.3. The number of aliphatic imine (C=N–C) groups is 2. The van der Waals surface area contributed by atoms with Gasteiger partial charge in [-0.3, -0.25) is 9.59 Å². The maximum Gasteiger partial charge on any atom is 0.335 e. The van der Waals surface area contributed by atoms with Crippen LogP contribution in [0.25, 0.3) is 0 Å². The summed E-state index contributed by atoms with van der Waals surface area (Å²) in [4.78, 5) is 42.2. The molecule has 0 bridgehead atoms. The van der Waals surface area contributed by atoms with Crippen molar-refractivity contribution in [1.29, 1.82) is 0 Å². The van der Waals surface area contributed by atoms with E-state index in [-0.39, 0.29) is 6.42 Å². The average Bonchev–Trinajstić information content (AvgIpc) is 1.78. The molecule has 55 nitrogen and oxygen atoms in total. The molecule has 12 heterocycles. The van der Waals surface area contributed by atoms with Crippen molar-refractivity contribution < 1.29 is 254 Å². The van der Waals surface area contributed by atoms with E-state index in [2.05, 4.69) is 20.6 Å². The summed E-state index contributed by atoms with van der Waals surface area (Å²) in [5.41, 5.74) is -1.62. The van der Waals surface area contributed by atoms with Crippen LogP contribution < -0.4 is 10.6 Å². The minimum Gasteiger partial charge on any atom is -0.479 e. The highest BCUT2D eigenvalue weighted by Crippen LogP contribution is 2.40. The van der Waals surface area contributed by atoms with Gasteiger partial charge in [-0.1, -0.05) is 6.92 Å². The van der Waals surface area contributed by atoms with E-state index in [9.17, 15) is 168 Å². The molecule has 12 aliphatic heterocycles. The Morgan fingerprint density at radius 3 is 1.08 bits per heavy atom. The van der Waals surface area contributed by atoms with Crippen LogP contribution >= 0.6 is 0 Å². The summed E-state index contributed by atoms with van der Waals surface area (Å²) in [5.74, 6) is -1.98. The standard InChI is InChI=1S/2C15H27NO10.2C14H23NO10.C11H20O7.C7H14O4/c1-5-9(16-6(2)19)11(21)14(8(4-18)24-5)26-15-13(23)12(22)10(20)7(3-17)25-15;1-5-9(16-6(2)19)14(11(21)8(4-18)24-5)26-15-13(23)12(22)10(20)7(3-17)25-15;1-4-15-7-9(19)12(6(3-17)24-13(7)22-4)25-14-11(21)10(20)8(18)5(2-16)23-14;1-4-15-7-12(9(19)6(3-17)23-13(7)22-4)25-14-11(21)10(20)8(18)5(2-16)24-14;1-5-6(13)3-11(2,10(16)17)18-9(5)8(15)7(14)4-12;1-3-5(8)7(10)6(9)4(2)11-3/h2*5,7-15,17-18,20-23H,3-4H2,1-2H3,(H,16,19);2*5-14,16-21H,2-3H2,1H3;5-9,12-15H,3-4H2,1-2H3,(H,16,17);3-10H,1-2H3/t2*5?,7?,8?,9?,10-,11+,12-,13?,14+,15-;2*5?,6?,7?,8-,9+,10-,11?,12+,13-,14-;5-,6-,7-,8-,9?,11-;3-,4?,5?,6-,7?/m000011/s1. The SMILES string of the molecule is CC(=O)NC1C(C)OC(CO)[C@@H](O)[C@@H]1O[C@@H]1OC(CO)[C@H](O)[C@H](O)C1O.CC(=O)NC1C(C)OC(CO)[C@@H](O[C@@H]2OC(CO)[C@H](O)[C@H](O)C2O)[C@@H]1O.CC1=NC2[C@@H](O1)OC(CO)[C@@H](O)[C@@H]2O[C@@H]1OC(CO)[C@H](O)[C@H](O)C1O.CC1=NC2[C@@H](O1)OC(CO)[C@@H](O[C@@H]1OC(CO)[C@H](O)[C@H](O)C1O)[C@@H]2O.CC1O[C@H](C)C(O)C(O)[C@@H]1O.C[C@H]1C([C@H](O)[C@H](O)CO)O[C@@](C)(C(=O)O)C[C@H]1O. The number of carboxylic acid groups (broad SMARTS) is 1. The molecule has 0 aromatic heterocycles. The molecule has 2 amide bonds. The van der Waals surface area contributed by atoms with E-state index in [0.717, 1.165) is 0 Å². The van der Waals surface area contributed by atoms with Crippen LogP contribution in [0.1, 0.15) is 75.7 Å².